The van der Waals surface area contributed by atoms with E-state index in [9.17, 15) is 9.59 Å². The summed E-state index contributed by atoms with van der Waals surface area (Å²) >= 11 is 0. The van der Waals surface area contributed by atoms with Gasteiger partial charge in [0.1, 0.15) is 6.04 Å². The molecule has 5 nitrogen and oxygen atoms in total. The third kappa shape index (κ3) is 3.34. The fourth-order valence-corrected chi connectivity index (χ4v) is 1.57. The van der Waals surface area contributed by atoms with Crippen LogP contribution in [0.4, 0.5) is 0 Å². The number of nitrogens with zero attached hydrogens (tertiary/aromatic N) is 1. The second kappa shape index (κ2) is 6.27. The zero-order chi connectivity index (χ0) is 12.0. The second-order valence-electron chi connectivity index (χ2n) is 3.61. The lowest BCUT2D eigenvalue weighted by molar-refractivity contribution is -0.139. The Kier molecular flexibility index (Phi) is 4.98. The lowest BCUT2D eigenvalue weighted by Gasteiger charge is -2.30. The number of nitrogens with one attached hydrogen (secondary N) is 1. The van der Waals surface area contributed by atoms with Crippen molar-refractivity contribution in [1.82, 2.24) is 10.2 Å². The molecule has 0 aromatic heterocycles. The molecule has 2 amide bonds. The maximum Gasteiger partial charge on any atom is 0.245 e. The summed E-state index contributed by atoms with van der Waals surface area (Å²) in [6.45, 7) is 7.56. The van der Waals surface area contributed by atoms with E-state index in [-0.39, 0.29) is 11.8 Å². The summed E-state index contributed by atoms with van der Waals surface area (Å²) in [6.07, 6.45) is 1.75. The van der Waals surface area contributed by atoms with E-state index in [1.807, 2.05) is 6.92 Å². The molecule has 1 atom stereocenters. The average molecular weight is 226 g/mol. The largest absolute Gasteiger partial charge is 0.378 e. The van der Waals surface area contributed by atoms with Crippen molar-refractivity contribution < 1.29 is 14.3 Å². The van der Waals surface area contributed by atoms with Gasteiger partial charge in [0.15, 0.2) is 0 Å². The molecule has 1 unspecified atom stereocenters. The molecule has 1 aliphatic heterocycles. The smallest absolute Gasteiger partial charge is 0.245 e. The van der Waals surface area contributed by atoms with Gasteiger partial charge in [-0.2, -0.15) is 0 Å². The number of rotatable bonds is 4. The Bertz CT molecular complexity index is 272. The quantitative estimate of drug-likeness (QED) is 0.682. The van der Waals surface area contributed by atoms with Gasteiger partial charge >= 0.3 is 0 Å². The minimum absolute atomic E-state index is 0.0407. The minimum Gasteiger partial charge on any atom is -0.378 e. The third-order valence-electron chi connectivity index (χ3n) is 2.53. The van der Waals surface area contributed by atoms with Crippen molar-refractivity contribution in [2.45, 2.75) is 19.4 Å². The molecule has 0 saturated carbocycles. The molecule has 1 N–H and O–H groups in total. The highest BCUT2D eigenvalue weighted by molar-refractivity contribution is 5.92. The first-order valence-electron chi connectivity index (χ1n) is 5.48. The first-order chi connectivity index (χ1) is 7.69. The molecule has 0 aromatic carbocycles. The molecular weight excluding hydrogens is 208 g/mol. The van der Waals surface area contributed by atoms with E-state index in [4.69, 9.17) is 4.74 Å². The standard InChI is InChI=1S/C11H18N2O3/c1-3-9(12-10(14)4-2)11(15)13-5-7-16-8-6-13/h4,9H,2-3,5-8H2,1H3,(H,12,14). The van der Waals surface area contributed by atoms with E-state index in [1.165, 1.54) is 6.08 Å². The second-order valence-corrected chi connectivity index (χ2v) is 3.61. The molecule has 1 heterocycles. The van der Waals surface area contributed by atoms with Crippen molar-refractivity contribution in [2.24, 2.45) is 0 Å². The molecule has 16 heavy (non-hydrogen) atoms. The van der Waals surface area contributed by atoms with Crippen molar-refractivity contribution in [3.05, 3.63) is 12.7 Å². The maximum absolute atomic E-state index is 12.0. The summed E-state index contributed by atoms with van der Waals surface area (Å²) in [5.74, 6) is -0.352. The Morgan fingerprint density at radius 1 is 1.50 bits per heavy atom. The van der Waals surface area contributed by atoms with Gasteiger partial charge in [-0.1, -0.05) is 13.5 Å². The van der Waals surface area contributed by atoms with Crippen LogP contribution in [0.25, 0.3) is 0 Å². The van der Waals surface area contributed by atoms with Crippen LogP contribution in [0.2, 0.25) is 0 Å². The molecule has 1 aliphatic rings. The van der Waals surface area contributed by atoms with Crippen LogP contribution in [0.3, 0.4) is 0 Å². The molecule has 1 saturated heterocycles. The Morgan fingerprint density at radius 3 is 2.62 bits per heavy atom. The highest BCUT2D eigenvalue weighted by Gasteiger charge is 2.24. The van der Waals surface area contributed by atoms with Gasteiger partial charge in [-0.05, 0) is 12.5 Å². The molecule has 0 aromatic rings. The summed E-state index contributed by atoms with van der Waals surface area (Å²) in [4.78, 5) is 24.9. The average Bonchev–Trinajstić information content (AvgIpc) is 2.35. The van der Waals surface area contributed by atoms with Gasteiger partial charge < -0.3 is 15.0 Å². The van der Waals surface area contributed by atoms with E-state index in [0.717, 1.165) is 0 Å². The van der Waals surface area contributed by atoms with E-state index in [2.05, 4.69) is 11.9 Å². The van der Waals surface area contributed by atoms with Gasteiger partial charge in [-0.3, -0.25) is 9.59 Å². The number of carbonyl (C=O) groups is 2. The minimum atomic E-state index is -0.455. The molecule has 1 fully saturated rings. The first kappa shape index (κ1) is 12.7. The molecule has 0 aliphatic carbocycles. The lowest BCUT2D eigenvalue weighted by Crippen LogP contribution is -2.51. The van der Waals surface area contributed by atoms with Gasteiger partial charge in [0, 0.05) is 13.1 Å². The Balaban J connectivity index is 2.53. The van der Waals surface area contributed by atoms with Crippen LogP contribution in [0.15, 0.2) is 12.7 Å². The number of hydrogen-bond donors (Lipinski definition) is 1. The molecule has 1 rings (SSSR count). The topological polar surface area (TPSA) is 58.6 Å². The van der Waals surface area contributed by atoms with Gasteiger partial charge in [0.2, 0.25) is 11.8 Å². The first-order valence-corrected chi connectivity index (χ1v) is 5.48. The van der Waals surface area contributed by atoms with Crippen LogP contribution in [-0.2, 0) is 14.3 Å². The van der Waals surface area contributed by atoms with Crippen LogP contribution in [0.1, 0.15) is 13.3 Å². The number of hydrogen-bond acceptors (Lipinski definition) is 3. The normalized spacial score (nSPS) is 17.7. The Hall–Kier alpha value is -1.36. The van der Waals surface area contributed by atoms with Gasteiger partial charge in [0.25, 0.3) is 0 Å². The molecule has 0 bridgehead atoms. The van der Waals surface area contributed by atoms with Gasteiger partial charge in [-0.25, -0.2) is 0 Å². The zero-order valence-electron chi connectivity index (χ0n) is 9.57. The number of morpholine rings is 1. The molecule has 90 valence electrons. The summed E-state index contributed by atoms with van der Waals surface area (Å²) in [5.41, 5.74) is 0. The van der Waals surface area contributed by atoms with Gasteiger partial charge in [-0.15, -0.1) is 0 Å². The van der Waals surface area contributed by atoms with Crippen LogP contribution in [0.5, 0.6) is 0 Å². The van der Waals surface area contributed by atoms with E-state index >= 15 is 0 Å². The highest BCUT2D eigenvalue weighted by atomic mass is 16.5. The fourth-order valence-electron chi connectivity index (χ4n) is 1.57. The lowest BCUT2D eigenvalue weighted by atomic mass is 10.2. The molecule has 0 radical (unpaired) electrons. The number of ether oxygens (including phenoxy) is 1. The fraction of sp³-hybridized carbons (Fsp3) is 0.636. The van der Waals surface area contributed by atoms with Crippen molar-refractivity contribution in [3.63, 3.8) is 0 Å². The van der Waals surface area contributed by atoms with Crippen LogP contribution < -0.4 is 5.32 Å². The van der Waals surface area contributed by atoms with Crippen molar-refractivity contribution in [3.8, 4) is 0 Å². The van der Waals surface area contributed by atoms with Crippen molar-refractivity contribution in [2.75, 3.05) is 26.3 Å². The zero-order valence-corrected chi connectivity index (χ0v) is 9.57. The summed E-state index contributed by atoms with van der Waals surface area (Å²) in [7, 11) is 0. The highest BCUT2D eigenvalue weighted by Crippen LogP contribution is 2.03. The summed E-state index contributed by atoms with van der Waals surface area (Å²) in [6, 6.07) is -0.455. The summed E-state index contributed by atoms with van der Waals surface area (Å²) in [5, 5.41) is 2.62. The predicted molar refractivity (Wildman–Crippen MR) is 59.8 cm³/mol. The van der Waals surface area contributed by atoms with E-state index < -0.39 is 6.04 Å². The number of carbonyl (C=O) groups excluding carboxylic acids is 2. The van der Waals surface area contributed by atoms with Crippen LogP contribution in [0, 0.1) is 0 Å². The van der Waals surface area contributed by atoms with Crippen LogP contribution in [-0.4, -0.2) is 49.1 Å². The van der Waals surface area contributed by atoms with Crippen LogP contribution >= 0.6 is 0 Å². The SMILES string of the molecule is C=CC(=O)NC(CC)C(=O)N1CCOCC1. The van der Waals surface area contributed by atoms with Gasteiger partial charge in [0.05, 0.1) is 13.2 Å². The Morgan fingerprint density at radius 2 is 2.12 bits per heavy atom. The predicted octanol–water partition coefficient (Wildman–Crippen LogP) is -0.0740. The number of amides is 2. The van der Waals surface area contributed by atoms with Crippen molar-refractivity contribution in [1.29, 1.82) is 0 Å². The Labute approximate surface area is 95.4 Å². The summed E-state index contributed by atoms with van der Waals surface area (Å²) < 4.78 is 5.17. The van der Waals surface area contributed by atoms with Crippen molar-refractivity contribution >= 4 is 11.8 Å². The monoisotopic (exact) mass is 226 g/mol. The van der Waals surface area contributed by atoms with E-state index in [1.54, 1.807) is 4.90 Å². The molecule has 5 heteroatoms. The maximum atomic E-state index is 12.0. The van der Waals surface area contributed by atoms with E-state index in [0.29, 0.717) is 32.7 Å². The molecular formula is C11H18N2O3. The third-order valence-corrected chi connectivity index (χ3v) is 2.53. The molecule has 0 spiro atoms.